The van der Waals surface area contributed by atoms with Gasteiger partial charge in [0.15, 0.2) is 0 Å². The van der Waals surface area contributed by atoms with Crippen LogP contribution in [-0.4, -0.2) is 25.8 Å². The van der Waals surface area contributed by atoms with Crippen molar-refractivity contribution in [2.24, 2.45) is 0 Å². The molecule has 0 bridgehead atoms. The second-order valence-electron chi connectivity index (χ2n) is 9.10. The third-order valence-corrected chi connectivity index (χ3v) is 5.81. The maximum Gasteiger partial charge on any atom is 0.416 e. The van der Waals surface area contributed by atoms with Crippen molar-refractivity contribution in [3.05, 3.63) is 34.9 Å². The van der Waals surface area contributed by atoms with Gasteiger partial charge in [0.05, 0.1) is 36.9 Å². The quantitative estimate of drug-likeness (QED) is 0.108. The van der Waals surface area contributed by atoms with E-state index in [9.17, 15) is 26.3 Å². The van der Waals surface area contributed by atoms with E-state index in [0.717, 1.165) is 44.2 Å². The molecule has 0 saturated carbocycles. The molecule has 0 spiro atoms. The molecule has 0 aliphatic rings. The summed E-state index contributed by atoms with van der Waals surface area (Å²) in [5.41, 5.74) is -2.85. The molecule has 1 aromatic rings. The molecule has 1 aromatic carbocycles. The first-order chi connectivity index (χ1) is 16.9. The maximum atomic E-state index is 13.7. The third-order valence-electron chi connectivity index (χ3n) is 5.81. The molecule has 1 atom stereocenters. The van der Waals surface area contributed by atoms with Gasteiger partial charge >= 0.3 is 12.4 Å². The van der Waals surface area contributed by atoms with Gasteiger partial charge in [-0.15, -0.1) is 0 Å². The molecule has 0 heterocycles. The highest BCUT2D eigenvalue weighted by Crippen LogP contribution is 2.43. The number of benzene rings is 1. The smallest absolute Gasteiger partial charge is 0.327 e. The Labute approximate surface area is 211 Å². The van der Waals surface area contributed by atoms with E-state index in [2.05, 4.69) is 6.92 Å². The van der Waals surface area contributed by atoms with Crippen LogP contribution in [0, 0.1) is 0 Å². The molecular formula is C27H42F6O3. The third kappa shape index (κ3) is 10.6. The van der Waals surface area contributed by atoms with E-state index in [1.165, 1.54) is 0 Å². The van der Waals surface area contributed by atoms with E-state index in [4.69, 9.17) is 14.2 Å². The minimum atomic E-state index is -4.94. The van der Waals surface area contributed by atoms with Crippen molar-refractivity contribution >= 4 is 0 Å². The summed E-state index contributed by atoms with van der Waals surface area (Å²) in [6.45, 7) is 8.23. The van der Waals surface area contributed by atoms with Gasteiger partial charge in [-0.3, -0.25) is 0 Å². The molecule has 1 rings (SSSR count). The van der Waals surface area contributed by atoms with E-state index >= 15 is 0 Å². The first-order valence-corrected chi connectivity index (χ1v) is 13.2. The molecular weight excluding hydrogens is 486 g/mol. The molecule has 0 fully saturated rings. The number of unbranched alkanes of at least 4 members (excludes halogenated alkanes) is 5. The molecule has 0 saturated heterocycles. The highest BCUT2D eigenvalue weighted by atomic mass is 19.4. The Kier molecular flexibility index (Phi) is 14.4. The first-order valence-electron chi connectivity index (χ1n) is 13.2. The Morgan fingerprint density at radius 3 is 1.39 bits per heavy atom. The molecule has 0 aliphatic carbocycles. The summed E-state index contributed by atoms with van der Waals surface area (Å²) >= 11 is 0. The lowest BCUT2D eigenvalue weighted by Gasteiger charge is -2.40. The largest absolute Gasteiger partial charge is 0.416 e. The van der Waals surface area contributed by atoms with Crippen LogP contribution in [0.1, 0.15) is 115 Å². The van der Waals surface area contributed by atoms with Crippen LogP contribution in [0.5, 0.6) is 0 Å². The van der Waals surface area contributed by atoms with Crippen molar-refractivity contribution in [2.75, 3.05) is 19.8 Å². The highest BCUT2D eigenvalue weighted by molar-refractivity contribution is 5.36. The summed E-state index contributed by atoms with van der Waals surface area (Å²) in [6, 6.07) is 1.72. The molecule has 0 amide bonds. The monoisotopic (exact) mass is 528 g/mol. The predicted molar refractivity (Wildman–Crippen MR) is 129 cm³/mol. The van der Waals surface area contributed by atoms with Crippen molar-refractivity contribution < 1.29 is 40.6 Å². The van der Waals surface area contributed by atoms with Crippen molar-refractivity contribution in [1.82, 2.24) is 0 Å². The Morgan fingerprint density at radius 2 is 1.00 bits per heavy atom. The van der Waals surface area contributed by atoms with Gasteiger partial charge in [-0.2, -0.15) is 26.3 Å². The molecule has 0 N–H and O–H groups in total. The van der Waals surface area contributed by atoms with Crippen LogP contribution in [0.15, 0.2) is 18.2 Å². The average Bonchev–Trinajstić information content (AvgIpc) is 2.82. The van der Waals surface area contributed by atoms with Gasteiger partial charge in [-0.25, -0.2) is 0 Å². The minimum absolute atomic E-state index is 0.144. The summed E-state index contributed by atoms with van der Waals surface area (Å²) in [5, 5.41) is 0. The van der Waals surface area contributed by atoms with Crippen LogP contribution in [0.25, 0.3) is 0 Å². The van der Waals surface area contributed by atoms with E-state index in [-0.39, 0.29) is 37.9 Å². The predicted octanol–water partition coefficient (Wildman–Crippen LogP) is 9.49. The van der Waals surface area contributed by atoms with Gasteiger partial charge in [0.25, 0.3) is 5.97 Å². The molecule has 0 aliphatic heterocycles. The number of hydrogen-bond donors (Lipinski definition) is 0. The molecule has 9 heteroatoms. The second-order valence-corrected chi connectivity index (χ2v) is 9.10. The fraction of sp³-hybridized carbons (Fsp3) is 0.778. The summed E-state index contributed by atoms with van der Waals surface area (Å²) in [5.74, 6) is -2.75. The Bertz CT molecular complexity index is 679. The highest BCUT2D eigenvalue weighted by Gasteiger charge is 2.45. The second kappa shape index (κ2) is 15.8. The van der Waals surface area contributed by atoms with Crippen LogP contribution in [-0.2, 0) is 26.6 Å². The van der Waals surface area contributed by atoms with Crippen LogP contribution in [0.4, 0.5) is 26.3 Å². The van der Waals surface area contributed by atoms with Gasteiger partial charge in [0.2, 0.25) is 0 Å². The summed E-state index contributed by atoms with van der Waals surface area (Å²) in [6.07, 6.45) is -2.39. The van der Waals surface area contributed by atoms with E-state index < -0.39 is 35.4 Å². The first kappa shape index (κ1) is 32.7. The molecule has 36 heavy (non-hydrogen) atoms. The van der Waals surface area contributed by atoms with Gasteiger partial charge in [0, 0.05) is 0 Å². The molecule has 0 aromatic heterocycles. The van der Waals surface area contributed by atoms with Gasteiger partial charge in [-0.05, 0) is 49.4 Å². The van der Waals surface area contributed by atoms with Crippen LogP contribution >= 0.6 is 0 Å². The number of rotatable bonds is 18. The lowest BCUT2D eigenvalue weighted by molar-refractivity contribution is -0.392. The zero-order valence-electron chi connectivity index (χ0n) is 22.0. The van der Waals surface area contributed by atoms with Crippen LogP contribution in [0.2, 0.25) is 0 Å². The Morgan fingerprint density at radius 1 is 0.583 bits per heavy atom. The fourth-order valence-corrected chi connectivity index (χ4v) is 4.02. The van der Waals surface area contributed by atoms with Gasteiger partial charge in [0.1, 0.15) is 0 Å². The SMILES string of the molecule is CCCCCCCCC(c1cc(C(F)(F)F)cc(C(F)(F)F)c1)C(OCCC)(OCCC)OCCC. The van der Waals surface area contributed by atoms with Gasteiger partial charge in [-0.1, -0.05) is 66.2 Å². The van der Waals surface area contributed by atoms with E-state index in [1.807, 2.05) is 20.8 Å². The summed E-state index contributed by atoms with van der Waals surface area (Å²) < 4.78 is 100. The Hall–Kier alpha value is -1.32. The number of halogens is 6. The number of alkyl halides is 6. The molecule has 3 nitrogen and oxygen atoms in total. The Balaban J connectivity index is 3.62. The van der Waals surface area contributed by atoms with Crippen molar-refractivity contribution in [1.29, 1.82) is 0 Å². The summed E-state index contributed by atoms with van der Waals surface area (Å²) in [4.78, 5) is 0. The zero-order chi connectivity index (χ0) is 27.2. The minimum Gasteiger partial charge on any atom is -0.327 e. The maximum absolute atomic E-state index is 13.7. The average molecular weight is 529 g/mol. The molecule has 0 radical (unpaired) electrons. The van der Waals surface area contributed by atoms with Crippen molar-refractivity contribution in [2.45, 2.75) is 116 Å². The van der Waals surface area contributed by atoms with E-state index in [1.54, 1.807) is 0 Å². The van der Waals surface area contributed by atoms with Crippen LogP contribution in [0.3, 0.4) is 0 Å². The molecule has 1 unspecified atom stereocenters. The standard InChI is InChI=1S/C27H42F6O3/c1-5-9-10-11-12-13-14-24(27(34-15-6-2,35-16-7-3)36-17-8-4)21-18-22(25(28,29)30)20-23(19-21)26(31,32)33/h18-20,24H,5-17H2,1-4H3. The fourth-order valence-electron chi connectivity index (χ4n) is 4.02. The zero-order valence-corrected chi connectivity index (χ0v) is 22.0. The van der Waals surface area contributed by atoms with Crippen LogP contribution < -0.4 is 0 Å². The lowest BCUT2D eigenvalue weighted by Crippen LogP contribution is -2.46. The number of hydrogen-bond acceptors (Lipinski definition) is 3. The van der Waals surface area contributed by atoms with Gasteiger partial charge < -0.3 is 14.2 Å². The normalized spacial score (nSPS) is 13.8. The van der Waals surface area contributed by atoms with Crippen molar-refractivity contribution in [3.8, 4) is 0 Å². The summed E-state index contributed by atoms with van der Waals surface area (Å²) in [7, 11) is 0. The molecule has 210 valence electrons. The lowest BCUT2D eigenvalue weighted by atomic mass is 9.87. The van der Waals surface area contributed by atoms with E-state index in [0.29, 0.717) is 25.7 Å². The number of ether oxygens (including phenoxy) is 3. The topological polar surface area (TPSA) is 27.7 Å². The van der Waals surface area contributed by atoms with Crippen molar-refractivity contribution in [3.63, 3.8) is 0 Å².